The van der Waals surface area contributed by atoms with Crippen LogP contribution in [0, 0.1) is 11.7 Å². The van der Waals surface area contributed by atoms with E-state index in [1.165, 1.54) is 12.1 Å². The Morgan fingerprint density at radius 2 is 2.04 bits per heavy atom. The van der Waals surface area contributed by atoms with Gasteiger partial charge < -0.3 is 15.2 Å². The van der Waals surface area contributed by atoms with Crippen LogP contribution >= 0.6 is 0 Å². The fourth-order valence-electron chi connectivity index (χ4n) is 2.17. The smallest absolute Gasteiger partial charge is 0.319 e. The molecule has 0 unspecified atom stereocenters. The van der Waals surface area contributed by atoms with Gasteiger partial charge in [0.2, 0.25) is 10.0 Å². The molecule has 26 heavy (non-hydrogen) atoms. The van der Waals surface area contributed by atoms with Gasteiger partial charge in [0.15, 0.2) is 0 Å². The summed E-state index contributed by atoms with van der Waals surface area (Å²) in [6.07, 6.45) is 1.71. The van der Waals surface area contributed by atoms with E-state index in [-0.39, 0.29) is 17.9 Å². The van der Waals surface area contributed by atoms with Gasteiger partial charge in [-0.05, 0) is 24.1 Å². The predicted octanol–water partition coefficient (Wildman–Crippen LogP) is 2.71. The molecule has 0 atom stereocenters. The van der Waals surface area contributed by atoms with Crippen molar-refractivity contribution in [3.8, 4) is 0 Å². The molecule has 0 fully saturated rings. The van der Waals surface area contributed by atoms with Crippen LogP contribution in [0.4, 0.5) is 20.6 Å². The Labute approximate surface area is 151 Å². The number of nitrogens with zero attached hydrogens (tertiary/aromatic N) is 1. The molecule has 0 spiro atoms. The SMILES string of the molecule is CC(C)Cc1cc(CNC(=O)Nc2cc(NS(C)(=O)=O)ccc2F)no1. The van der Waals surface area contributed by atoms with Crippen LogP contribution in [0.25, 0.3) is 0 Å². The second kappa shape index (κ2) is 8.17. The van der Waals surface area contributed by atoms with E-state index >= 15 is 0 Å². The van der Waals surface area contributed by atoms with E-state index in [9.17, 15) is 17.6 Å². The molecule has 0 radical (unpaired) electrons. The molecule has 0 aliphatic rings. The molecule has 0 aliphatic heterocycles. The Bertz CT molecular complexity index is 880. The van der Waals surface area contributed by atoms with Crippen molar-refractivity contribution >= 4 is 27.4 Å². The molecule has 2 aromatic rings. The van der Waals surface area contributed by atoms with E-state index in [1.54, 1.807) is 6.07 Å². The molecule has 2 amide bonds. The summed E-state index contributed by atoms with van der Waals surface area (Å²) >= 11 is 0. The van der Waals surface area contributed by atoms with Crippen molar-refractivity contribution in [2.45, 2.75) is 26.8 Å². The fourth-order valence-corrected chi connectivity index (χ4v) is 2.73. The van der Waals surface area contributed by atoms with Gasteiger partial charge in [-0.1, -0.05) is 19.0 Å². The van der Waals surface area contributed by atoms with E-state index in [0.717, 1.165) is 24.5 Å². The lowest BCUT2D eigenvalue weighted by Crippen LogP contribution is -2.28. The van der Waals surface area contributed by atoms with Crippen molar-refractivity contribution in [1.29, 1.82) is 0 Å². The summed E-state index contributed by atoms with van der Waals surface area (Å²) in [6.45, 7) is 4.21. The predicted molar refractivity (Wildman–Crippen MR) is 95.8 cm³/mol. The summed E-state index contributed by atoms with van der Waals surface area (Å²) in [5.74, 6) is 0.450. The first kappa shape index (κ1) is 19.7. The highest BCUT2D eigenvalue weighted by atomic mass is 32.2. The van der Waals surface area contributed by atoms with Crippen molar-refractivity contribution < 1.29 is 22.1 Å². The molecule has 0 aliphatic carbocycles. The normalized spacial score (nSPS) is 11.4. The molecule has 0 saturated carbocycles. The molecule has 1 aromatic carbocycles. The first-order valence-corrected chi connectivity index (χ1v) is 9.78. The summed E-state index contributed by atoms with van der Waals surface area (Å²) in [7, 11) is -3.51. The molecule has 3 N–H and O–H groups in total. The van der Waals surface area contributed by atoms with Gasteiger partial charge in [-0.15, -0.1) is 0 Å². The number of rotatable bonds is 7. The minimum atomic E-state index is -3.51. The minimum absolute atomic E-state index is 0.107. The maximum Gasteiger partial charge on any atom is 0.319 e. The number of nitrogens with one attached hydrogen (secondary N) is 3. The zero-order valence-electron chi connectivity index (χ0n) is 14.7. The Morgan fingerprint density at radius 3 is 2.69 bits per heavy atom. The summed E-state index contributed by atoms with van der Waals surface area (Å²) in [4.78, 5) is 11.9. The van der Waals surface area contributed by atoms with Crippen LogP contribution in [0.5, 0.6) is 0 Å². The van der Waals surface area contributed by atoms with Gasteiger partial charge >= 0.3 is 6.03 Å². The number of benzene rings is 1. The lowest BCUT2D eigenvalue weighted by molar-refractivity contribution is 0.251. The molecule has 0 bridgehead atoms. The number of sulfonamides is 1. The van der Waals surface area contributed by atoms with Crippen LogP contribution in [0.3, 0.4) is 0 Å². The second-order valence-corrected chi connectivity index (χ2v) is 8.01. The molecule has 8 nitrogen and oxygen atoms in total. The number of carbonyl (C=O) groups excluding carboxylic acids is 1. The fraction of sp³-hybridized carbons (Fsp3) is 0.375. The lowest BCUT2D eigenvalue weighted by atomic mass is 10.1. The van der Waals surface area contributed by atoms with Gasteiger partial charge in [0.05, 0.1) is 24.2 Å². The first-order chi connectivity index (χ1) is 12.1. The maximum absolute atomic E-state index is 13.8. The van der Waals surface area contributed by atoms with Gasteiger partial charge in [-0.2, -0.15) is 0 Å². The number of anilines is 2. The number of amides is 2. The van der Waals surface area contributed by atoms with Crippen LogP contribution in [-0.4, -0.2) is 25.9 Å². The van der Waals surface area contributed by atoms with Crippen molar-refractivity contribution in [3.63, 3.8) is 0 Å². The second-order valence-electron chi connectivity index (χ2n) is 6.26. The van der Waals surface area contributed by atoms with E-state index in [1.807, 2.05) is 0 Å². The molecule has 142 valence electrons. The maximum atomic E-state index is 13.8. The monoisotopic (exact) mass is 384 g/mol. The van der Waals surface area contributed by atoms with Crippen LogP contribution in [0.1, 0.15) is 25.3 Å². The molecular formula is C16H21FN4O4S. The lowest BCUT2D eigenvalue weighted by Gasteiger charge is -2.10. The highest BCUT2D eigenvalue weighted by molar-refractivity contribution is 7.92. The Balaban J connectivity index is 1.95. The van der Waals surface area contributed by atoms with Crippen molar-refractivity contribution in [2.24, 2.45) is 5.92 Å². The Kier molecular flexibility index (Phi) is 6.19. The molecule has 1 heterocycles. The highest BCUT2D eigenvalue weighted by Gasteiger charge is 2.11. The van der Waals surface area contributed by atoms with Crippen molar-refractivity contribution in [1.82, 2.24) is 10.5 Å². The average molecular weight is 384 g/mol. The van der Waals surface area contributed by atoms with Crippen LogP contribution in [0.15, 0.2) is 28.8 Å². The number of aromatic nitrogens is 1. The number of hydrogen-bond acceptors (Lipinski definition) is 5. The van der Waals surface area contributed by atoms with E-state index in [0.29, 0.717) is 11.6 Å². The summed E-state index contributed by atoms with van der Waals surface area (Å²) in [6, 6.07) is 4.59. The summed E-state index contributed by atoms with van der Waals surface area (Å²) in [5, 5.41) is 8.71. The summed E-state index contributed by atoms with van der Waals surface area (Å²) < 4.78 is 43.6. The average Bonchev–Trinajstić information content (AvgIpc) is 2.94. The number of carbonyl (C=O) groups is 1. The van der Waals surface area contributed by atoms with E-state index in [2.05, 4.69) is 34.4 Å². The minimum Gasteiger partial charge on any atom is -0.361 e. The quantitative estimate of drug-likeness (QED) is 0.679. The zero-order valence-corrected chi connectivity index (χ0v) is 15.5. The highest BCUT2D eigenvalue weighted by Crippen LogP contribution is 2.20. The van der Waals surface area contributed by atoms with Crippen LogP contribution < -0.4 is 15.4 Å². The van der Waals surface area contributed by atoms with E-state index in [4.69, 9.17) is 4.52 Å². The van der Waals surface area contributed by atoms with Crippen molar-refractivity contribution in [3.05, 3.63) is 41.5 Å². The van der Waals surface area contributed by atoms with E-state index < -0.39 is 21.9 Å². The largest absolute Gasteiger partial charge is 0.361 e. The third-order valence-corrected chi connectivity index (χ3v) is 3.77. The molecule has 1 aromatic heterocycles. The van der Waals surface area contributed by atoms with Crippen molar-refractivity contribution in [2.75, 3.05) is 16.3 Å². The third-order valence-electron chi connectivity index (χ3n) is 3.17. The molecule has 2 rings (SSSR count). The number of urea groups is 1. The molecular weight excluding hydrogens is 363 g/mol. The number of hydrogen-bond donors (Lipinski definition) is 3. The Hall–Kier alpha value is -2.62. The molecule has 0 saturated heterocycles. The van der Waals surface area contributed by atoms with Crippen LogP contribution in [-0.2, 0) is 23.0 Å². The van der Waals surface area contributed by atoms with Gasteiger partial charge in [-0.3, -0.25) is 4.72 Å². The number of halogens is 1. The topological polar surface area (TPSA) is 113 Å². The van der Waals surface area contributed by atoms with Gasteiger partial charge in [-0.25, -0.2) is 17.6 Å². The van der Waals surface area contributed by atoms with Gasteiger partial charge in [0, 0.05) is 12.5 Å². The zero-order chi connectivity index (χ0) is 19.3. The Morgan fingerprint density at radius 1 is 1.31 bits per heavy atom. The van der Waals surface area contributed by atoms with Gasteiger partial charge in [0.1, 0.15) is 17.3 Å². The third kappa shape index (κ3) is 6.36. The van der Waals surface area contributed by atoms with Crippen LogP contribution in [0.2, 0.25) is 0 Å². The first-order valence-electron chi connectivity index (χ1n) is 7.89. The summed E-state index contributed by atoms with van der Waals surface area (Å²) in [5.41, 5.74) is 0.527. The standard InChI is InChI=1S/C16H21FN4O4S/c1-10(2)6-13-7-12(20-25-13)9-18-16(22)19-15-8-11(4-5-14(15)17)21-26(3,23)24/h4-5,7-8,10,21H,6,9H2,1-3H3,(H2,18,19,22). The molecule has 10 heteroatoms. The van der Waals surface area contributed by atoms with Gasteiger partial charge in [0.25, 0.3) is 0 Å².